The smallest absolute Gasteiger partial charge is 0.313 e. The lowest BCUT2D eigenvalue weighted by Gasteiger charge is -2.23. The predicted octanol–water partition coefficient (Wildman–Crippen LogP) is 3.38. The van der Waals surface area contributed by atoms with Gasteiger partial charge in [-0.2, -0.15) is 0 Å². The van der Waals surface area contributed by atoms with Crippen molar-refractivity contribution < 1.29 is 9.53 Å². The van der Waals surface area contributed by atoms with Gasteiger partial charge in [0.25, 0.3) is 0 Å². The zero-order valence-electron chi connectivity index (χ0n) is 14.3. The van der Waals surface area contributed by atoms with Crippen molar-refractivity contribution in [3.63, 3.8) is 0 Å². The van der Waals surface area contributed by atoms with E-state index in [1.54, 1.807) is 0 Å². The SMILES string of the molecule is CCCNC(c1ccn(CC(C)(C)C(=O)OC)c1)C(C)C. The molecule has 4 heteroatoms. The molecule has 4 nitrogen and oxygen atoms in total. The molecular formula is C17H30N2O2. The van der Waals surface area contributed by atoms with Crippen molar-refractivity contribution in [2.24, 2.45) is 11.3 Å². The van der Waals surface area contributed by atoms with Gasteiger partial charge in [0.05, 0.1) is 12.5 Å². The molecule has 0 fully saturated rings. The van der Waals surface area contributed by atoms with Crippen molar-refractivity contribution in [3.8, 4) is 0 Å². The van der Waals surface area contributed by atoms with Crippen LogP contribution in [-0.2, 0) is 16.1 Å². The molecule has 1 heterocycles. The normalized spacial score (nSPS) is 13.5. The Hall–Kier alpha value is -1.29. The molecule has 0 radical (unpaired) electrons. The standard InChI is InChI=1S/C17H30N2O2/c1-7-9-18-15(13(2)3)14-8-10-19(11-14)12-17(4,5)16(20)21-6/h8,10-11,13,15,18H,7,9,12H2,1-6H3. The van der Waals surface area contributed by atoms with Crippen LogP contribution in [0.15, 0.2) is 18.5 Å². The molecule has 1 aromatic heterocycles. The van der Waals surface area contributed by atoms with E-state index in [4.69, 9.17) is 4.74 Å². The lowest BCUT2D eigenvalue weighted by atomic mass is 9.93. The van der Waals surface area contributed by atoms with E-state index in [0.717, 1.165) is 13.0 Å². The maximum absolute atomic E-state index is 11.8. The Balaban J connectivity index is 2.81. The number of carbonyl (C=O) groups is 1. The van der Waals surface area contributed by atoms with Gasteiger partial charge in [-0.3, -0.25) is 4.79 Å². The Morgan fingerprint density at radius 3 is 2.62 bits per heavy atom. The number of methoxy groups -OCH3 is 1. The van der Waals surface area contributed by atoms with Crippen LogP contribution in [0.3, 0.4) is 0 Å². The number of nitrogens with one attached hydrogen (secondary N) is 1. The van der Waals surface area contributed by atoms with Crippen molar-refractivity contribution in [3.05, 3.63) is 24.0 Å². The van der Waals surface area contributed by atoms with Crippen LogP contribution in [-0.4, -0.2) is 24.2 Å². The second-order valence-electron chi connectivity index (χ2n) is 6.67. The molecule has 120 valence electrons. The van der Waals surface area contributed by atoms with Gasteiger partial charge in [-0.15, -0.1) is 0 Å². The lowest BCUT2D eigenvalue weighted by Crippen LogP contribution is -2.30. The number of esters is 1. The van der Waals surface area contributed by atoms with Crippen molar-refractivity contribution in [2.45, 2.75) is 53.6 Å². The number of hydrogen-bond donors (Lipinski definition) is 1. The quantitative estimate of drug-likeness (QED) is 0.747. The summed E-state index contributed by atoms with van der Waals surface area (Å²) in [7, 11) is 1.44. The number of aromatic nitrogens is 1. The zero-order valence-corrected chi connectivity index (χ0v) is 14.3. The second-order valence-corrected chi connectivity index (χ2v) is 6.67. The molecule has 0 bridgehead atoms. The highest BCUT2D eigenvalue weighted by Crippen LogP contribution is 2.25. The lowest BCUT2D eigenvalue weighted by molar-refractivity contribution is -0.151. The fraction of sp³-hybridized carbons (Fsp3) is 0.706. The predicted molar refractivity (Wildman–Crippen MR) is 86.1 cm³/mol. The van der Waals surface area contributed by atoms with Gasteiger partial charge in [-0.05, 0) is 44.4 Å². The van der Waals surface area contributed by atoms with Gasteiger partial charge in [-0.1, -0.05) is 20.8 Å². The highest BCUT2D eigenvalue weighted by molar-refractivity contribution is 5.75. The largest absolute Gasteiger partial charge is 0.469 e. The highest BCUT2D eigenvalue weighted by Gasteiger charge is 2.29. The van der Waals surface area contributed by atoms with E-state index >= 15 is 0 Å². The Morgan fingerprint density at radius 1 is 1.43 bits per heavy atom. The van der Waals surface area contributed by atoms with Crippen LogP contribution in [0.1, 0.15) is 52.6 Å². The van der Waals surface area contributed by atoms with Crippen LogP contribution in [0.2, 0.25) is 0 Å². The number of nitrogens with zero attached hydrogens (tertiary/aromatic N) is 1. The van der Waals surface area contributed by atoms with Crippen LogP contribution in [0.4, 0.5) is 0 Å². The third kappa shape index (κ3) is 4.88. The summed E-state index contributed by atoms with van der Waals surface area (Å²) >= 11 is 0. The van der Waals surface area contributed by atoms with Crippen LogP contribution < -0.4 is 5.32 Å². The molecule has 0 aliphatic rings. The Labute approximate surface area is 128 Å². The van der Waals surface area contributed by atoms with Crippen molar-refractivity contribution >= 4 is 5.97 Å². The van der Waals surface area contributed by atoms with E-state index in [0.29, 0.717) is 18.5 Å². The molecule has 1 unspecified atom stereocenters. The van der Waals surface area contributed by atoms with Crippen molar-refractivity contribution in [1.29, 1.82) is 0 Å². The topological polar surface area (TPSA) is 43.3 Å². The first-order chi connectivity index (χ1) is 9.81. The van der Waals surface area contributed by atoms with E-state index in [1.165, 1.54) is 12.7 Å². The van der Waals surface area contributed by atoms with Gasteiger partial charge in [0, 0.05) is 25.0 Å². The number of ether oxygens (including phenoxy) is 1. The highest BCUT2D eigenvalue weighted by atomic mass is 16.5. The van der Waals surface area contributed by atoms with Crippen LogP contribution in [0, 0.1) is 11.3 Å². The summed E-state index contributed by atoms with van der Waals surface area (Å²) in [6, 6.07) is 2.49. The number of hydrogen-bond acceptors (Lipinski definition) is 3. The Morgan fingerprint density at radius 2 is 2.10 bits per heavy atom. The van der Waals surface area contributed by atoms with Crippen LogP contribution in [0.25, 0.3) is 0 Å². The molecule has 0 saturated carbocycles. The van der Waals surface area contributed by atoms with E-state index < -0.39 is 5.41 Å². The zero-order chi connectivity index (χ0) is 16.0. The minimum Gasteiger partial charge on any atom is -0.469 e. The summed E-state index contributed by atoms with van der Waals surface area (Å²) in [6.45, 7) is 12.1. The first-order valence-corrected chi connectivity index (χ1v) is 7.79. The molecule has 21 heavy (non-hydrogen) atoms. The first kappa shape index (κ1) is 17.8. The average molecular weight is 294 g/mol. The van der Waals surface area contributed by atoms with E-state index in [2.05, 4.69) is 42.9 Å². The molecule has 0 amide bonds. The molecule has 0 aromatic carbocycles. The van der Waals surface area contributed by atoms with Gasteiger partial charge < -0.3 is 14.6 Å². The molecule has 1 aromatic rings. The molecular weight excluding hydrogens is 264 g/mol. The summed E-state index contributed by atoms with van der Waals surface area (Å²) in [5.74, 6) is 0.350. The van der Waals surface area contributed by atoms with E-state index in [9.17, 15) is 4.79 Å². The molecule has 1 N–H and O–H groups in total. The maximum Gasteiger partial charge on any atom is 0.313 e. The number of rotatable bonds is 8. The minimum absolute atomic E-state index is 0.178. The van der Waals surface area contributed by atoms with Crippen molar-refractivity contribution in [2.75, 3.05) is 13.7 Å². The monoisotopic (exact) mass is 294 g/mol. The fourth-order valence-electron chi connectivity index (χ4n) is 2.58. The van der Waals surface area contributed by atoms with Crippen LogP contribution >= 0.6 is 0 Å². The molecule has 0 spiro atoms. The van der Waals surface area contributed by atoms with Gasteiger partial charge >= 0.3 is 5.97 Å². The summed E-state index contributed by atoms with van der Waals surface area (Å²) in [5.41, 5.74) is 0.758. The Bertz CT molecular complexity index is 449. The summed E-state index contributed by atoms with van der Waals surface area (Å²) < 4.78 is 6.95. The summed E-state index contributed by atoms with van der Waals surface area (Å²) in [5, 5.41) is 3.59. The van der Waals surface area contributed by atoms with E-state index in [-0.39, 0.29) is 5.97 Å². The van der Waals surface area contributed by atoms with Crippen LogP contribution in [0.5, 0.6) is 0 Å². The summed E-state index contributed by atoms with van der Waals surface area (Å²) in [6.07, 6.45) is 5.31. The third-order valence-electron chi connectivity index (χ3n) is 3.73. The van der Waals surface area contributed by atoms with Crippen molar-refractivity contribution in [1.82, 2.24) is 9.88 Å². The third-order valence-corrected chi connectivity index (χ3v) is 3.73. The average Bonchev–Trinajstić information content (AvgIpc) is 2.85. The molecule has 1 atom stereocenters. The molecule has 0 aliphatic heterocycles. The van der Waals surface area contributed by atoms with Gasteiger partial charge in [0.1, 0.15) is 0 Å². The molecule has 0 saturated heterocycles. The number of carbonyl (C=O) groups excluding carboxylic acids is 1. The molecule has 1 rings (SSSR count). The second kappa shape index (κ2) is 7.64. The van der Waals surface area contributed by atoms with Gasteiger partial charge in [-0.25, -0.2) is 0 Å². The van der Waals surface area contributed by atoms with E-state index in [1.807, 2.05) is 20.0 Å². The maximum atomic E-state index is 11.8. The Kier molecular flexibility index (Phi) is 6.46. The summed E-state index contributed by atoms with van der Waals surface area (Å²) in [4.78, 5) is 11.8. The van der Waals surface area contributed by atoms with Gasteiger partial charge in [0.2, 0.25) is 0 Å². The molecule has 0 aliphatic carbocycles. The van der Waals surface area contributed by atoms with Gasteiger partial charge in [0.15, 0.2) is 0 Å². The fourth-order valence-corrected chi connectivity index (χ4v) is 2.58. The minimum atomic E-state index is -0.519. The first-order valence-electron chi connectivity index (χ1n) is 7.79.